The number of ether oxygens (including phenoxy) is 2. The van der Waals surface area contributed by atoms with Crippen LogP contribution in [0.2, 0.25) is 0 Å². The smallest absolute Gasteiger partial charge is 0.260 e. The molecule has 1 atom stereocenters. The van der Waals surface area contributed by atoms with Gasteiger partial charge in [-0.05, 0) is 47.9 Å². The number of nitrogens with one attached hydrogen (secondary N) is 1. The van der Waals surface area contributed by atoms with E-state index in [0.29, 0.717) is 35.8 Å². The maximum atomic E-state index is 13.4. The molecule has 0 aliphatic carbocycles. The summed E-state index contributed by atoms with van der Waals surface area (Å²) in [6.07, 6.45) is 5.19. The Bertz CT molecular complexity index is 1050. The van der Waals surface area contributed by atoms with Gasteiger partial charge < -0.3 is 24.8 Å². The van der Waals surface area contributed by atoms with Crippen molar-refractivity contribution in [3.8, 4) is 11.5 Å². The van der Waals surface area contributed by atoms with Crippen molar-refractivity contribution in [2.75, 3.05) is 24.4 Å². The van der Waals surface area contributed by atoms with Crippen LogP contribution in [-0.4, -0.2) is 46.9 Å². The van der Waals surface area contributed by atoms with Crippen LogP contribution in [-0.2, 0) is 11.4 Å². The lowest BCUT2D eigenvalue weighted by Gasteiger charge is -2.18. The highest BCUT2D eigenvalue weighted by molar-refractivity contribution is 9.09. The standard InChI is InChI=1S/C23H25BrN2O5S/c1-30-20-9-17-18(10-21(20)31-6-4-2-3-5-24)25-22(28)19-8-14(11-26(19)23(17)29)15-7-16(12-27)32-13-15/h7,9-11,13,19,27H,2-6,8,12H2,1H3,(H,25,28)/t19-/m0/s1. The van der Waals surface area contributed by atoms with Crippen molar-refractivity contribution in [3.05, 3.63) is 45.8 Å². The molecule has 4 rings (SSSR count). The number of carbonyl (C=O) groups excluding carboxylic acids is 2. The third kappa shape index (κ3) is 4.55. The van der Waals surface area contributed by atoms with Crippen molar-refractivity contribution < 1.29 is 24.2 Å². The minimum atomic E-state index is -0.623. The molecule has 1 aromatic heterocycles. The van der Waals surface area contributed by atoms with Crippen molar-refractivity contribution in [1.29, 1.82) is 0 Å². The maximum Gasteiger partial charge on any atom is 0.260 e. The Morgan fingerprint density at radius 2 is 2.06 bits per heavy atom. The van der Waals surface area contributed by atoms with Gasteiger partial charge in [0.25, 0.3) is 5.91 Å². The van der Waals surface area contributed by atoms with Crippen molar-refractivity contribution in [3.63, 3.8) is 0 Å². The summed E-state index contributed by atoms with van der Waals surface area (Å²) in [6, 6.07) is 4.58. The molecule has 0 spiro atoms. The molecule has 2 amide bonds. The van der Waals surface area contributed by atoms with E-state index in [2.05, 4.69) is 21.2 Å². The van der Waals surface area contributed by atoms with E-state index in [1.54, 1.807) is 18.3 Å². The zero-order valence-electron chi connectivity index (χ0n) is 17.7. The number of hydrogen-bond donors (Lipinski definition) is 2. The van der Waals surface area contributed by atoms with Crippen molar-refractivity contribution in [1.82, 2.24) is 4.90 Å². The average molecular weight is 521 g/mol. The lowest BCUT2D eigenvalue weighted by Crippen LogP contribution is -2.38. The third-order valence-corrected chi connectivity index (χ3v) is 7.07. The number of thiophene rings is 1. The van der Waals surface area contributed by atoms with Gasteiger partial charge >= 0.3 is 0 Å². The van der Waals surface area contributed by atoms with Gasteiger partial charge in [-0.3, -0.25) is 9.59 Å². The Labute approximate surface area is 199 Å². The van der Waals surface area contributed by atoms with E-state index in [1.165, 1.54) is 23.3 Å². The van der Waals surface area contributed by atoms with Gasteiger partial charge in [0, 0.05) is 28.9 Å². The summed E-state index contributed by atoms with van der Waals surface area (Å²) in [6.45, 7) is 0.500. The first-order valence-corrected chi connectivity index (χ1v) is 12.5. The average Bonchev–Trinajstić information content (AvgIpc) is 3.44. The number of methoxy groups -OCH3 is 1. The summed E-state index contributed by atoms with van der Waals surface area (Å²) in [4.78, 5) is 28.7. The Hall–Kier alpha value is -2.36. The Kier molecular flexibility index (Phi) is 7.17. The predicted molar refractivity (Wildman–Crippen MR) is 128 cm³/mol. The van der Waals surface area contributed by atoms with E-state index in [9.17, 15) is 14.7 Å². The number of anilines is 1. The first kappa shape index (κ1) is 22.8. The monoisotopic (exact) mass is 520 g/mol. The first-order chi connectivity index (χ1) is 15.5. The van der Waals surface area contributed by atoms with Crippen LogP contribution in [0.3, 0.4) is 0 Å². The number of amides is 2. The molecule has 0 unspecified atom stereocenters. The number of hydrogen-bond acceptors (Lipinski definition) is 6. The van der Waals surface area contributed by atoms with Gasteiger partial charge in [0.2, 0.25) is 5.91 Å². The first-order valence-electron chi connectivity index (χ1n) is 10.5. The van der Waals surface area contributed by atoms with Crippen LogP contribution in [0.1, 0.15) is 46.5 Å². The number of alkyl halides is 1. The zero-order chi connectivity index (χ0) is 22.7. The molecule has 2 aromatic rings. The van der Waals surface area contributed by atoms with E-state index in [0.717, 1.165) is 40.6 Å². The molecule has 2 N–H and O–H groups in total. The number of fused-ring (bicyclic) bond motifs is 2. The molecule has 3 heterocycles. The number of rotatable bonds is 9. The molecule has 2 aliphatic rings. The number of aliphatic hydroxyl groups is 1. The summed E-state index contributed by atoms with van der Waals surface area (Å²) >= 11 is 4.87. The molecule has 0 saturated carbocycles. The van der Waals surface area contributed by atoms with E-state index < -0.39 is 6.04 Å². The van der Waals surface area contributed by atoms with E-state index in [1.807, 2.05) is 11.4 Å². The molecule has 0 bridgehead atoms. The third-order valence-electron chi connectivity index (χ3n) is 5.59. The van der Waals surface area contributed by atoms with Gasteiger partial charge in [-0.2, -0.15) is 0 Å². The Morgan fingerprint density at radius 1 is 1.22 bits per heavy atom. The number of benzene rings is 1. The predicted octanol–water partition coefficient (Wildman–Crippen LogP) is 4.40. The normalized spacial score (nSPS) is 17.4. The summed E-state index contributed by atoms with van der Waals surface area (Å²) in [7, 11) is 1.53. The molecule has 0 radical (unpaired) electrons. The number of carbonyl (C=O) groups is 2. The molecule has 0 saturated heterocycles. The van der Waals surface area contributed by atoms with E-state index in [4.69, 9.17) is 9.47 Å². The quantitative estimate of drug-likeness (QED) is 0.377. The highest BCUT2D eigenvalue weighted by atomic mass is 79.9. The van der Waals surface area contributed by atoms with Gasteiger partial charge in [0.1, 0.15) is 6.04 Å². The highest BCUT2D eigenvalue weighted by Crippen LogP contribution is 2.40. The van der Waals surface area contributed by atoms with Crippen LogP contribution < -0.4 is 14.8 Å². The lowest BCUT2D eigenvalue weighted by molar-refractivity contribution is -0.119. The molecule has 0 fully saturated rings. The van der Waals surface area contributed by atoms with Gasteiger partial charge in [0.15, 0.2) is 11.5 Å². The molecule has 2 aliphatic heterocycles. The minimum absolute atomic E-state index is 0.0292. The molecular formula is C23H25BrN2O5S. The molecule has 1 aromatic carbocycles. The second-order valence-electron chi connectivity index (χ2n) is 7.68. The summed E-state index contributed by atoms with van der Waals surface area (Å²) in [5, 5.41) is 15.1. The van der Waals surface area contributed by atoms with Crippen LogP contribution in [0.25, 0.3) is 5.57 Å². The van der Waals surface area contributed by atoms with Crippen LogP contribution in [0, 0.1) is 0 Å². The topological polar surface area (TPSA) is 88.1 Å². The number of nitrogens with zero attached hydrogens (tertiary/aromatic N) is 1. The number of halogens is 1. The zero-order valence-corrected chi connectivity index (χ0v) is 20.1. The van der Waals surface area contributed by atoms with Crippen molar-refractivity contribution >= 4 is 50.3 Å². The van der Waals surface area contributed by atoms with Gasteiger partial charge in [-0.15, -0.1) is 11.3 Å². The molecule has 32 heavy (non-hydrogen) atoms. The minimum Gasteiger partial charge on any atom is -0.493 e. The van der Waals surface area contributed by atoms with E-state index >= 15 is 0 Å². The summed E-state index contributed by atoms with van der Waals surface area (Å²) < 4.78 is 11.4. The SMILES string of the molecule is COc1cc2c(cc1OCCCCCBr)NC(=O)[C@@H]1CC(c3csc(CO)c3)=CN1C2=O. The van der Waals surface area contributed by atoms with Crippen molar-refractivity contribution in [2.24, 2.45) is 0 Å². The van der Waals surface area contributed by atoms with Gasteiger partial charge in [0.05, 0.1) is 31.6 Å². The van der Waals surface area contributed by atoms with Crippen LogP contribution >= 0.6 is 27.3 Å². The van der Waals surface area contributed by atoms with Gasteiger partial charge in [-0.1, -0.05) is 15.9 Å². The summed E-state index contributed by atoms with van der Waals surface area (Å²) in [5.74, 6) is 0.456. The molecular weight excluding hydrogens is 496 g/mol. The molecule has 7 nitrogen and oxygen atoms in total. The fraction of sp³-hybridized carbons (Fsp3) is 0.391. The fourth-order valence-electron chi connectivity index (χ4n) is 3.88. The second kappa shape index (κ2) is 10.1. The molecule has 9 heteroatoms. The van der Waals surface area contributed by atoms with Crippen LogP contribution in [0.15, 0.2) is 29.8 Å². The number of unbranched alkanes of at least 4 members (excludes halogenated alkanes) is 2. The highest BCUT2D eigenvalue weighted by Gasteiger charge is 2.39. The van der Waals surface area contributed by atoms with Crippen LogP contribution in [0.5, 0.6) is 11.5 Å². The second-order valence-corrected chi connectivity index (χ2v) is 9.47. The van der Waals surface area contributed by atoms with Crippen LogP contribution in [0.4, 0.5) is 5.69 Å². The number of aliphatic hydroxyl groups excluding tert-OH is 1. The summed E-state index contributed by atoms with van der Waals surface area (Å²) in [5.41, 5.74) is 2.62. The largest absolute Gasteiger partial charge is 0.493 e. The van der Waals surface area contributed by atoms with Crippen molar-refractivity contribution in [2.45, 2.75) is 38.3 Å². The van der Waals surface area contributed by atoms with E-state index in [-0.39, 0.29) is 18.4 Å². The fourth-order valence-corrected chi connectivity index (χ4v) is 5.05. The lowest BCUT2D eigenvalue weighted by atomic mass is 10.0. The Balaban J connectivity index is 1.60. The molecule has 170 valence electrons. The Morgan fingerprint density at radius 3 is 2.78 bits per heavy atom. The van der Waals surface area contributed by atoms with Gasteiger partial charge in [-0.25, -0.2) is 0 Å². The maximum absolute atomic E-state index is 13.4.